The molecule has 142 valence electrons. The molecule has 1 unspecified atom stereocenters. The van der Waals surface area contributed by atoms with Gasteiger partial charge in [0.25, 0.3) is 0 Å². The Morgan fingerprint density at radius 2 is 1.39 bits per heavy atom. The lowest BCUT2D eigenvalue weighted by Gasteiger charge is -2.23. The van der Waals surface area contributed by atoms with E-state index in [2.05, 4.69) is 114 Å². The lowest BCUT2D eigenvalue weighted by atomic mass is 9.81. The predicted molar refractivity (Wildman–Crippen MR) is 122 cm³/mol. The molecule has 28 heavy (non-hydrogen) atoms. The zero-order chi connectivity index (χ0) is 20.1. The maximum atomic E-state index is 4.37. The number of rotatable bonds is 2. The quantitative estimate of drug-likeness (QED) is 0.516. The van der Waals surface area contributed by atoms with Crippen LogP contribution < -0.4 is 0 Å². The average Bonchev–Trinajstić information content (AvgIpc) is 2.99. The fraction of sp³-hybridized carbons (Fsp3) is 0.286. The molecular formula is C28H30. The maximum absolute atomic E-state index is 4.37. The van der Waals surface area contributed by atoms with Gasteiger partial charge in [0.05, 0.1) is 0 Å². The molecule has 0 saturated carbocycles. The Labute approximate surface area is 170 Å². The number of allylic oxidation sites excluding steroid dienone is 7. The summed E-state index contributed by atoms with van der Waals surface area (Å²) in [5.41, 5.74) is 9.61. The van der Waals surface area contributed by atoms with Gasteiger partial charge in [0, 0.05) is 16.7 Å². The molecule has 0 heterocycles. The van der Waals surface area contributed by atoms with Gasteiger partial charge in [0.1, 0.15) is 0 Å². The summed E-state index contributed by atoms with van der Waals surface area (Å²) in [5, 5.41) is 0. The van der Waals surface area contributed by atoms with Crippen molar-refractivity contribution in [3.8, 4) is 0 Å². The molecule has 0 heteroatoms. The van der Waals surface area contributed by atoms with Gasteiger partial charge in [-0.3, -0.25) is 0 Å². The Morgan fingerprint density at radius 1 is 0.786 bits per heavy atom. The maximum Gasteiger partial charge on any atom is 0.0158 e. The molecule has 0 amide bonds. The Balaban J connectivity index is 1.64. The zero-order valence-corrected chi connectivity index (χ0v) is 17.7. The lowest BCUT2D eigenvalue weighted by Crippen LogP contribution is -2.15. The molecule has 2 aliphatic carbocycles. The summed E-state index contributed by atoms with van der Waals surface area (Å²) >= 11 is 0. The van der Waals surface area contributed by atoms with Crippen molar-refractivity contribution < 1.29 is 0 Å². The average molecular weight is 367 g/mol. The summed E-state index contributed by atoms with van der Waals surface area (Å²) in [6.45, 7) is 16.0. The highest BCUT2D eigenvalue weighted by Crippen LogP contribution is 2.50. The van der Waals surface area contributed by atoms with Crippen molar-refractivity contribution >= 4 is 5.57 Å². The highest BCUT2D eigenvalue weighted by atomic mass is 14.4. The molecule has 0 aromatic heterocycles. The van der Waals surface area contributed by atoms with Crippen LogP contribution in [0.5, 0.6) is 0 Å². The molecule has 0 radical (unpaired) electrons. The fourth-order valence-electron chi connectivity index (χ4n) is 5.24. The second-order valence-corrected chi connectivity index (χ2v) is 9.17. The first-order chi connectivity index (χ1) is 13.3. The van der Waals surface area contributed by atoms with Crippen LogP contribution in [0.25, 0.3) is 5.57 Å². The summed E-state index contributed by atoms with van der Waals surface area (Å²) in [5.74, 6) is 0.464. The standard InChI is InChI=1S/C28H30/c1-19-21-13-7-9-17-25(21)27(3,4)23(19)15-11-12-16-24-20(2)22-14-8-10-18-26(22)28(24,5)6/h7-18,20H,1H2,2-6H3. The number of hydrogen-bond acceptors (Lipinski definition) is 0. The van der Waals surface area contributed by atoms with Gasteiger partial charge < -0.3 is 0 Å². The van der Waals surface area contributed by atoms with Crippen LogP contribution in [-0.2, 0) is 10.8 Å². The van der Waals surface area contributed by atoms with Gasteiger partial charge in [0.15, 0.2) is 0 Å². The molecule has 0 bridgehead atoms. The summed E-state index contributed by atoms with van der Waals surface area (Å²) < 4.78 is 0. The van der Waals surface area contributed by atoms with E-state index in [-0.39, 0.29) is 10.8 Å². The zero-order valence-electron chi connectivity index (χ0n) is 17.7. The molecular weight excluding hydrogens is 336 g/mol. The van der Waals surface area contributed by atoms with Crippen molar-refractivity contribution in [3.63, 3.8) is 0 Å². The third-order valence-corrected chi connectivity index (χ3v) is 6.86. The Kier molecular flexibility index (Phi) is 4.34. The first-order valence-corrected chi connectivity index (χ1v) is 10.2. The van der Waals surface area contributed by atoms with E-state index >= 15 is 0 Å². The molecule has 0 saturated heterocycles. The molecule has 1 atom stereocenters. The second kappa shape index (κ2) is 6.48. The monoisotopic (exact) mass is 366 g/mol. The van der Waals surface area contributed by atoms with Crippen molar-refractivity contribution in [2.75, 3.05) is 0 Å². The van der Waals surface area contributed by atoms with Crippen molar-refractivity contribution in [2.24, 2.45) is 0 Å². The van der Waals surface area contributed by atoms with Crippen molar-refractivity contribution in [2.45, 2.75) is 51.4 Å². The summed E-state index contributed by atoms with van der Waals surface area (Å²) in [7, 11) is 0. The summed E-state index contributed by atoms with van der Waals surface area (Å²) in [6, 6.07) is 17.5. The molecule has 0 fully saturated rings. The predicted octanol–water partition coefficient (Wildman–Crippen LogP) is 7.49. The van der Waals surface area contributed by atoms with Crippen LogP contribution in [0.4, 0.5) is 0 Å². The van der Waals surface area contributed by atoms with Crippen molar-refractivity contribution in [1.29, 1.82) is 0 Å². The normalized spacial score (nSPS) is 24.9. The number of hydrogen-bond donors (Lipinski definition) is 0. The van der Waals surface area contributed by atoms with E-state index in [1.165, 1.54) is 33.4 Å². The summed E-state index contributed by atoms with van der Waals surface area (Å²) in [4.78, 5) is 0. The number of fused-ring (bicyclic) bond motifs is 2. The van der Waals surface area contributed by atoms with Gasteiger partial charge in [0.2, 0.25) is 0 Å². The van der Waals surface area contributed by atoms with E-state index < -0.39 is 0 Å². The van der Waals surface area contributed by atoms with Crippen LogP contribution in [0.15, 0.2) is 90.6 Å². The molecule has 4 rings (SSSR count). The van der Waals surface area contributed by atoms with Crippen molar-refractivity contribution in [3.05, 3.63) is 113 Å². The van der Waals surface area contributed by atoms with Gasteiger partial charge in [-0.2, -0.15) is 0 Å². The Morgan fingerprint density at radius 3 is 2.07 bits per heavy atom. The smallest absolute Gasteiger partial charge is 0.0158 e. The SMILES string of the molecule is C=C1C(=CC=CC=C2C(C)c3ccccc3C2(C)C)C(C)(C)c2ccccc21. The molecule has 2 aromatic rings. The third-order valence-electron chi connectivity index (χ3n) is 6.86. The largest absolute Gasteiger partial charge is 0.0908 e. The van der Waals surface area contributed by atoms with E-state index in [0.29, 0.717) is 5.92 Å². The minimum Gasteiger partial charge on any atom is -0.0908 e. The van der Waals surface area contributed by atoms with Crippen LogP contribution in [0, 0.1) is 0 Å². The molecule has 0 aliphatic heterocycles. The minimum absolute atomic E-state index is 0.00131. The lowest BCUT2D eigenvalue weighted by molar-refractivity contribution is 0.626. The number of benzene rings is 2. The molecule has 0 nitrogen and oxygen atoms in total. The summed E-state index contributed by atoms with van der Waals surface area (Å²) in [6.07, 6.45) is 8.96. The van der Waals surface area contributed by atoms with Gasteiger partial charge in [-0.05, 0) is 33.4 Å². The van der Waals surface area contributed by atoms with E-state index in [0.717, 1.165) is 5.57 Å². The van der Waals surface area contributed by atoms with Crippen LogP contribution in [-0.4, -0.2) is 0 Å². The van der Waals surface area contributed by atoms with Gasteiger partial charge in [-0.1, -0.05) is 120 Å². The van der Waals surface area contributed by atoms with Crippen molar-refractivity contribution in [1.82, 2.24) is 0 Å². The molecule has 2 aliphatic rings. The minimum atomic E-state index is 0.00131. The van der Waals surface area contributed by atoms with Crippen LogP contribution in [0.3, 0.4) is 0 Å². The van der Waals surface area contributed by atoms with E-state index in [1.54, 1.807) is 0 Å². The van der Waals surface area contributed by atoms with Crippen LogP contribution in [0.1, 0.15) is 62.8 Å². The van der Waals surface area contributed by atoms with Gasteiger partial charge >= 0.3 is 0 Å². The van der Waals surface area contributed by atoms with Gasteiger partial charge in [-0.15, -0.1) is 0 Å². The van der Waals surface area contributed by atoms with E-state index in [9.17, 15) is 0 Å². The molecule has 2 aromatic carbocycles. The Bertz CT molecular complexity index is 1040. The van der Waals surface area contributed by atoms with Crippen LogP contribution in [0.2, 0.25) is 0 Å². The highest BCUT2D eigenvalue weighted by molar-refractivity contribution is 5.88. The highest BCUT2D eigenvalue weighted by Gasteiger charge is 2.39. The topological polar surface area (TPSA) is 0 Å². The van der Waals surface area contributed by atoms with E-state index in [1.807, 2.05) is 0 Å². The molecule has 0 spiro atoms. The van der Waals surface area contributed by atoms with Gasteiger partial charge in [-0.25, -0.2) is 0 Å². The second-order valence-electron chi connectivity index (χ2n) is 9.17. The Hall–Kier alpha value is -2.60. The first kappa shape index (κ1) is 18.7. The first-order valence-electron chi connectivity index (χ1n) is 10.2. The van der Waals surface area contributed by atoms with Crippen LogP contribution >= 0.6 is 0 Å². The van der Waals surface area contributed by atoms with E-state index in [4.69, 9.17) is 0 Å². The third kappa shape index (κ3) is 2.66. The fourth-order valence-corrected chi connectivity index (χ4v) is 5.24. The molecule has 0 N–H and O–H groups in total.